The highest BCUT2D eigenvalue weighted by molar-refractivity contribution is 5.96. The Morgan fingerprint density at radius 1 is 1.20 bits per heavy atom. The number of carbonyl (C=O) groups excluding carboxylic acids is 2. The lowest BCUT2D eigenvalue weighted by Gasteiger charge is -2.22. The first kappa shape index (κ1) is 16.2. The van der Waals surface area contributed by atoms with Crippen molar-refractivity contribution in [2.75, 3.05) is 7.05 Å². The van der Waals surface area contributed by atoms with Crippen LogP contribution in [0.3, 0.4) is 0 Å². The van der Waals surface area contributed by atoms with Crippen LogP contribution in [-0.4, -0.2) is 25.0 Å². The topological polar surface area (TPSA) is 70.2 Å². The molecule has 0 aliphatic heterocycles. The first-order valence-electron chi connectivity index (χ1n) is 6.83. The van der Waals surface area contributed by atoms with Gasteiger partial charge in [-0.15, -0.1) is 0 Å². The Balaban J connectivity index is 2.66. The van der Waals surface area contributed by atoms with E-state index < -0.39 is 12.1 Å². The van der Waals surface area contributed by atoms with Gasteiger partial charge in [0.25, 0.3) is 0 Å². The lowest BCUT2D eigenvalue weighted by atomic mass is 10.0. The Bertz CT molecular complexity index is 457. The summed E-state index contributed by atoms with van der Waals surface area (Å²) in [6, 6.07) is 7.36. The van der Waals surface area contributed by atoms with Crippen molar-refractivity contribution < 1.29 is 9.59 Å². The van der Waals surface area contributed by atoms with Crippen molar-refractivity contribution in [2.45, 2.75) is 39.3 Å². The fourth-order valence-electron chi connectivity index (χ4n) is 1.91. The van der Waals surface area contributed by atoms with Crippen molar-refractivity contribution in [3.63, 3.8) is 0 Å². The molecule has 0 aromatic heterocycles. The van der Waals surface area contributed by atoms with E-state index in [1.165, 1.54) is 12.6 Å². The van der Waals surface area contributed by atoms with Crippen LogP contribution >= 0.6 is 0 Å². The average molecular weight is 277 g/mol. The van der Waals surface area contributed by atoms with Gasteiger partial charge in [0.15, 0.2) is 0 Å². The molecule has 0 aliphatic rings. The molecule has 2 atom stereocenters. The number of hydrogen-bond donors (Lipinski definition) is 3. The van der Waals surface area contributed by atoms with E-state index in [1.54, 1.807) is 6.92 Å². The second-order valence-corrected chi connectivity index (χ2v) is 4.83. The van der Waals surface area contributed by atoms with Gasteiger partial charge in [-0.3, -0.25) is 15.4 Å². The van der Waals surface area contributed by atoms with Crippen LogP contribution in [0.15, 0.2) is 24.3 Å². The van der Waals surface area contributed by atoms with Crippen LogP contribution in [0.5, 0.6) is 0 Å². The normalized spacial score (nSPS) is 13.4. The smallest absolute Gasteiger partial charge is 0.321 e. The molecule has 5 nitrogen and oxygen atoms in total. The summed E-state index contributed by atoms with van der Waals surface area (Å²) in [6.45, 7) is 5.84. The Labute approximate surface area is 120 Å². The van der Waals surface area contributed by atoms with Crippen LogP contribution in [-0.2, 0) is 4.79 Å². The fraction of sp³-hybridized carbons (Fsp3) is 0.467. The molecule has 0 radical (unpaired) electrons. The molecule has 0 spiro atoms. The Hall–Kier alpha value is -1.88. The van der Waals surface area contributed by atoms with Gasteiger partial charge in [0.1, 0.15) is 0 Å². The zero-order valence-corrected chi connectivity index (χ0v) is 12.5. The van der Waals surface area contributed by atoms with Gasteiger partial charge in [0.2, 0.25) is 5.91 Å². The molecule has 0 heterocycles. The van der Waals surface area contributed by atoms with Crippen molar-refractivity contribution in [3.8, 4) is 0 Å². The average Bonchev–Trinajstić information content (AvgIpc) is 2.45. The van der Waals surface area contributed by atoms with E-state index >= 15 is 0 Å². The third-order valence-corrected chi connectivity index (χ3v) is 3.20. The standard InChI is InChI=1S/C15H23N3O2/c1-5-13(12-8-6-10(2)7-9-12)17-11(3)14(19)18-15(20)16-4/h6-9,11,13,17H,5H2,1-4H3,(H2,16,18,19,20)/t11-,13+/m1/s1. The summed E-state index contributed by atoms with van der Waals surface area (Å²) in [5.41, 5.74) is 2.34. The van der Waals surface area contributed by atoms with Crippen molar-refractivity contribution >= 4 is 11.9 Å². The molecular weight excluding hydrogens is 254 g/mol. The van der Waals surface area contributed by atoms with Crippen LogP contribution in [0.25, 0.3) is 0 Å². The maximum absolute atomic E-state index is 11.8. The van der Waals surface area contributed by atoms with Crippen molar-refractivity contribution in [3.05, 3.63) is 35.4 Å². The number of nitrogens with one attached hydrogen (secondary N) is 3. The molecule has 0 aliphatic carbocycles. The molecule has 3 N–H and O–H groups in total. The number of imide groups is 1. The van der Waals surface area contributed by atoms with Gasteiger partial charge < -0.3 is 5.32 Å². The van der Waals surface area contributed by atoms with Gasteiger partial charge in [-0.1, -0.05) is 36.8 Å². The number of carbonyl (C=O) groups is 2. The summed E-state index contributed by atoms with van der Waals surface area (Å²) in [6.07, 6.45) is 0.862. The van der Waals surface area contributed by atoms with E-state index in [0.29, 0.717) is 0 Å². The summed E-state index contributed by atoms with van der Waals surface area (Å²) >= 11 is 0. The summed E-state index contributed by atoms with van der Waals surface area (Å²) < 4.78 is 0. The minimum absolute atomic E-state index is 0.0843. The van der Waals surface area contributed by atoms with Gasteiger partial charge in [-0.2, -0.15) is 0 Å². The minimum Gasteiger partial charge on any atom is -0.341 e. The molecule has 110 valence electrons. The molecule has 3 amide bonds. The Kier molecular flexibility index (Phi) is 6.18. The Morgan fingerprint density at radius 3 is 2.30 bits per heavy atom. The summed E-state index contributed by atoms with van der Waals surface area (Å²) in [7, 11) is 1.47. The minimum atomic E-state index is -0.493. The third-order valence-electron chi connectivity index (χ3n) is 3.20. The first-order valence-corrected chi connectivity index (χ1v) is 6.83. The molecule has 0 bridgehead atoms. The monoisotopic (exact) mass is 277 g/mol. The maximum Gasteiger partial charge on any atom is 0.321 e. The van der Waals surface area contributed by atoms with Gasteiger partial charge in [0, 0.05) is 13.1 Å². The number of rotatable bonds is 5. The lowest BCUT2D eigenvalue weighted by molar-refractivity contribution is -0.121. The molecule has 0 unspecified atom stereocenters. The van der Waals surface area contributed by atoms with Gasteiger partial charge >= 0.3 is 6.03 Å². The van der Waals surface area contributed by atoms with E-state index in [9.17, 15) is 9.59 Å². The van der Waals surface area contributed by atoms with Crippen molar-refractivity contribution in [1.82, 2.24) is 16.0 Å². The highest BCUT2D eigenvalue weighted by Crippen LogP contribution is 2.17. The van der Waals surface area contributed by atoms with Crippen LogP contribution in [0.2, 0.25) is 0 Å². The summed E-state index contributed by atoms with van der Waals surface area (Å²) in [5.74, 6) is -0.338. The molecule has 5 heteroatoms. The Morgan fingerprint density at radius 2 is 1.80 bits per heavy atom. The van der Waals surface area contributed by atoms with E-state index in [1.807, 2.05) is 6.92 Å². The predicted octanol–water partition coefficient (Wildman–Crippen LogP) is 1.88. The molecule has 0 fully saturated rings. The van der Waals surface area contributed by atoms with Crippen LogP contribution in [0, 0.1) is 6.92 Å². The third kappa shape index (κ3) is 4.66. The quantitative estimate of drug-likeness (QED) is 0.769. The van der Waals surface area contributed by atoms with Crippen LogP contribution < -0.4 is 16.0 Å². The van der Waals surface area contributed by atoms with E-state index in [2.05, 4.69) is 47.1 Å². The second kappa shape index (κ2) is 7.65. The number of hydrogen-bond acceptors (Lipinski definition) is 3. The van der Waals surface area contributed by atoms with Crippen molar-refractivity contribution in [2.24, 2.45) is 0 Å². The van der Waals surface area contributed by atoms with Crippen molar-refractivity contribution in [1.29, 1.82) is 0 Å². The highest BCUT2D eigenvalue weighted by atomic mass is 16.2. The van der Waals surface area contributed by atoms with Gasteiger partial charge in [-0.05, 0) is 25.8 Å². The number of aryl methyl sites for hydroxylation is 1. The zero-order chi connectivity index (χ0) is 15.1. The predicted molar refractivity (Wildman–Crippen MR) is 79.4 cm³/mol. The molecular formula is C15H23N3O2. The van der Waals surface area contributed by atoms with E-state index in [0.717, 1.165) is 12.0 Å². The molecule has 0 saturated carbocycles. The summed E-state index contributed by atoms with van der Waals surface area (Å²) in [5, 5.41) is 7.86. The second-order valence-electron chi connectivity index (χ2n) is 4.83. The first-order chi connectivity index (χ1) is 9.47. The van der Waals surface area contributed by atoms with Gasteiger partial charge in [-0.25, -0.2) is 4.79 Å². The molecule has 1 rings (SSSR count). The number of urea groups is 1. The van der Waals surface area contributed by atoms with Crippen LogP contribution in [0.4, 0.5) is 4.79 Å². The maximum atomic E-state index is 11.8. The molecule has 0 saturated heterocycles. The summed E-state index contributed by atoms with van der Waals surface area (Å²) in [4.78, 5) is 22.9. The molecule has 20 heavy (non-hydrogen) atoms. The van der Waals surface area contributed by atoms with Gasteiger partial charge in [0.05, 0.1) is 6.04 Å². The number of amides is 3. The fourth-order valence-corrected chi connectivity index (χ4v) is 1.91. The SMILES string of the molecule is CC[C@H](N[C@H](C)C(=O)NC(=O)NC)c1ccc(C)cc1. The van der Waals surface area contributed by atoms with E-state index in [-0.39, 0.29) is 11.9 Å². The highest BCUT2D eigenvalue weighted by Gasteiger charge is 2.19. The molecule has 1 aromatic carbocycles. The van der Waals surface area contributed by atoms with Crippen LogP contribution in [0.1, 0.15) is 37.4 Å². The van der Waals surface area contributed by atoms with E-state index in [4.69, 9.17) is 0 Å². The zero-order valence-electron chi connectivity index (χ0n) is 12.5. The molecule has 1 aromatic rings. The number of benzene rings is 1. The lowest BCUT2D eigenvalue weighted by Crippen LogP contribution is -2.48. The largest absolute Gasteiger partial charge is 0.341 e.